The largest absolute Gasteiger partial charge is 0.497 e. The molecule has 0 unspecified atom stereocenters. The van der Waals surface area contributed by atoms with Crippen molar-refractivity contribution >= 4 is 11.9 Å². The summed E-state index contributed by atoms with van der Waals surface area (Å²) in [6.45, 7) is 3.71. The normalized spacial score (nSPS) is 34.7. The van der Waals surface area contributed by atoms with E-state index < -0.39 is 47.6 Å². The standard InChI is InChI=1S/C26H25NO9/c1-25(2)35-18-19(36-25)21-26(22(28)20(18)34-24(26)30)15-9-17-16(32-11-33-17)8-14(15)23(29)27(21)10-12-4-6-13(31-3)7-5-12/h4-9,18-22,28H,10-11H2,1-3H3/t18-,19+,20-,21-,22+,26-/m0/s1. The van der Waals surface area contributed by atoms with Crippen molar-refractivity contribution in [2.75, 3.05) is 13.9 Å². The van der Waals surface area contributed by atoms with E-state index in [9.17, 15) is 14.7 Å². The Morgan fingerprint density at radius 3 is 2.44 bits per heavy atom. The summed E-state index contributed by atoms with van der Waals surface area (Å²) < 4.78 is 34.6. The average molecular weight is 495 g/mol. The van der Waals surface area contributed by atoms with Gasteiger partial charge in [-0.25, -0.2) is 0 Å². The number of nitrogens with zero attached hydrogens (tertiary/aromatic N) is 1. The number of aliphatic hydroxyl groups excluding tert-OH is 1. The quantitative estimate of drug-likeness (QED) is 0.633. The van der Waals surface area contributed by atoms with Gasteiger partial charge in [0.15, 0.2) is 23.4 Å². The summed E-state index contributed by atoms with van der Waals surface area (Å²) in [5.74, 6) is -0.412. The Morgan fingerprint density at radius 1 is 1.03 bits per heavy atom. The van der Waals surface area contributed by atoms with Gasteiger partial charge in [-0.2, -0.15) is 0 Å². The van der Waals surface area contributed by atoms with E-state index in [1.165, 1.54) is 0 Å². The van der Waals surface area contributed by atoms with Crippen molar-refractivity contribution in [1.29, 1.82) is 0 Å². The van der Waals surface area contributed by atoms with Gasteiger partial charge in [0.1, 0.15) is 29.5 Å². The smallest absolute Gasteiger partial charge is 0.322 e. The van der Waals surface area contributed by atoms with E-state index in [4.69, 9.17) is 28.4 Å². The number of carbonyl (C=O) groups excluding carboxylic acids is 2. The van der Waals surface area contributed by atoms with Gasteiger partial charge in [-0.05, 0) is 49.2 Å². The van der Waals surface area contributed by atoms with Crippen LogP contribution in [-0.2, 0) is 31.0 Å². The number of amides is 1. The van der Waals surface area contributed by atoms with Crippen LogP contribution in [-0.4, -0.2) is 72.0 Å². The summed E-state index contributed by atoms with van der Waals surface area (Å²) in [5.41, 5.74) is -0.135. The maximum atomic E-state index is 14.1. The lowest BCUT2D eigenvalue weighted by atomic mass is 9.59. The van der Waals surface area contributed by atoms with Crippen molar-refractivity contribution in [3.05, 3.63) is 53.1 Å². The van der Waals surface area contributed by atoms with Crippen LogP contribution in [0.3, 0.4) is 0 Å². The van der Waals surface area contributed by atoms with Gasteiger partial charge in [-0.15, -0.1) is 0 Å². The molecule has 2 saturated heterocycles. The summed E-state index contributed by atoms with van der Waals surface area (Å²) in [6, 6.07) is 9.66. The first-order chi connectivity index (χ1) is 17.2. The van der Waals surface area contributed by atoms with E-state index in [1.54, 1.807) is 38.0 Å². The van der Waals surface area contributed by atoms with Crippen LogP contribution >= 0.6 is 0 Å². The van der Waals surface area contributed by atoms with Gasteiger partial charge in [0.25, 0.3) is 5.91 Å². The van der Waals surface area contributed by atoms with E-state index >= 15 is 0 Å². The summed E-state index contributed by atoms with van der Waals surface area (Å²) in [6.07, 6.45) is -3.64. The minimum Gasteiger partial charge on any atom is -0.497 e. The molecular weight excluding hydrogens is 470 g/mol. The van der Waals surface area contributed by atoms with Crippen molar-refractivity contribution < 1.29 is 43.1 Å². The number of carbonyl (C=O) groups is 2. The van der Waals surface area contributed by atoms with E-state index in [-0.39, 0.29) is 24.8 Å². The van der Waals surface area contributed by atoms with Gasteiger partial charge < -0.3 is 38.4 Å². The molecule has 1 saturated carbocycles. The summed E-state index contributed by atoms with van der Waals surface area (Å²) in [5, 5.41) is 11.7. The highest BCUT2D eigenvalue weighted by atomic mass is 16.8. The first-order valence-electron chi connectivity index (χ1n) is 11.9. The van der Waals surface area contributed by atoms with Gasteiger partial charge in [-0.1, -0.05) is 12.1 Å². The van der Waals surface area contributed by atoms with Crippen molar-refractivity contribution in [3.63, 3.8) is 0 Å². The molecule has 2 aromatic rings. The molecule has 1 spiro atoms. The minimum atomic E-state index is -1.58. The molecule has 10 heteroatoms. The highest BCUT2D eigenvalue weighted by molar-refractivity contribution is 6.04. The number of esters is 1. The average Bonchev–Trinajstić information content (AvgIpc) is 3.50. The minimum absolute atomic E-state index is 0.00384. The zero-order chi connectivity index (χ0) is 25.0. The van der Waals surface area contributed by atoms with Gasteiger partial charge in [0, 0.05) is 12.1 Å². The molecule has 1 aliphatic carbocycles. The van der Waals surface area contributed by atoms with Gasteiger partial charge in [0.2, 0.25) is 6.79 Å². The highest BCUT2D eigenvalue weighted by Crippen LogP contribution is 2.58. The van der Waals surface area contributed by atoms with E-state index in [0.29, 0.717) is 22.8 Å². The maximum absolute atomic E-state index is 14.1. The third-order valence-corrected chi connectivity index (χ3v) is 7.92. The lowest BCUT2D eigenvalue weighted by Gasteiger charge is -2.52. The van der Waals surface area contributed by atoms with Crippen LogP contribution in [0.4, 0.5) is 0 Å². The third-order valence-electron chi connectivity index (χ3n) is 7.92. The first kappa shape index (κ1) is 21.9. The van der Waals surface area contributed by atoms with Crippen LogP contribution in [0.25, 0.3) is 0 Å². The van der Waals surface area contributed by atoms with Crippen molar-refractivity contribution in [3.8, 4) is 17.2 Å². The van der Waals surface area contributed by atoms with Crippen LogP contribution < -0.4 is 14.2 Å². The Kier molecular flexibility index (Phi) is 4.33. The number of hydrogen-bond acceptors (Lipinski definition) is 9. The number of hydrogen-bond donors (Lipinski definition) is 1. The summed E-state index contributed by atoms with van der Waals surface area (Å²) >= 11 is 0. The molecule has 5 aliphatic rings. The molecule has 2 bridgehead atoms. The van der Waals surface area contributed by atoms with Crippen LogP contribution in [0.15, 0.2) is 36.4 Å². The molecule has 0 aromatic heterocycles. The Hall–Kier alpha value is -3.34. The Balaban J connectivity index is 1.44. The number of fused-ring (bicyclic) bond motifs is 6. The Labute approximate surface area is 206 Å². The fraction of sp³-hybridized carbons (Fsp3) is 0.462. The second-order valence-corrected chi connectivity index (χ2v) is 10.2. The summed E-state index contributed by atoms with van der Waals surface area (Å²) in [7, 11) is 1.58. The molecule has 4 heterocycles. The Bertz CT molecular complexity index is 1290. The van der Waals surface area contributed by atoms with Gasteiger partial charge in [-0.3, -0.25) is 9.59 Å². The van der Waals surface area contributed by atoms with Crippen molar-refractivity contribution in [2.24, 2.45) is 0 Å². The molecule has 2 aromatic carbocycles. The maximum Gasteiger partial charge on any atom is 0.322 e. The lowest BCUT2D eigenvalue weighted by molar-refractivity contribution is -0.170. The number of aliphatic hydroxyl groups is 1. The fourth-order valence-corrected chi connectivity index (χ4v) is 6.47. The predicted molar refractivity (Wildman–Crippen MR) is 121 cm³/mol. The molecule has 36 heavy (non-hydrogen) atoms. The molecule has 7 rings (SSSR count). The molecule has 188 valence electrons. The number of rotatable bonds is 3. The molecule has 6 atom stereocenters. The zero-order valence-corrected chi connectivity index (χ0v) is 19.9. The van der Waals surface area contributed by atoms with Crippen LogP contribution in [0.2, 0.25) is 0 Å². The third kappa shape index (κ3) is 2.66. The van der Waals surface area contributed by atoms with E-state index in [0.717, 1.165) is 5.56 Å². The van der Waals surface area contributed by atoms with Crippen molar-refractivity contribution in [2.45, 2.75) is 62.1 Å². The monoisotopic (exact) mass is 495 g/mol. The molecule has 4 aliphatic heterocycles. The molecule has 1 N–H and O–H groups in total. The van der Waals surface area contributed by atoms with E-state index in [2.05, 4.69) is 0 Å². The zero-order valence-electron chi connectivity index (χ0n) is 19.9. The lowest BCUT2D eigenvalue weighted by Crippen LogP contribution is -2.73. The Morgan fingerprint density at radius 2 is 1.72 bits per heavy atom. The first-order valence-corrected chi connectivity index (χ1v) is 11.9. The van der Waals surface area contributed by atoms with Crippen LogP contribution in [0.1, 0.15) is 35.3 Å². The van der Waals surface area contributed by atoms with Crippen LogP contribution in [0, 0.1) is 0 Å². The molecule has 1 amide bonds. The predicted octanol–water partition coefficient (Wildman–Crippen LogP) is 1.51. The SMILES string of the molecule is COc1ccc(CN2C(=O)c3cc4c(cc3[C@]35C(=O)O[C@@H]([C@H]6OC(C)(C)O[C@H]6[C@H]23)[C@H]5O)OCO4)cc1. The molecule has 0 radical (unpaired) electrons. The second kappa shape index (κ2) is 7.12. The van der Waals surface area contributed by atoms with E-state index in [1.807, 2.05) is 24.3 Å². The summed E-state index contributed by atoms with van der Waals surface area (Å²) in [4.78, 5) is 29.5. The fourth-order valence-electron chi connectivity index (χ4n) is 6.47. The number of ether oxygens (including phenoxy) is 6. The van der Waals surface area contributed by atoms with Gasteiger partial charge >= 0.3 is 5.97 Å². The molecular formula is C26H25NO9. The number of methoxy groups -OCH3 is 1. The number of benzene rings is 2. The topological polar surface area (TPSA) is 113 Å². The highest BCUT2D eigenvalue weighted by Gasteiger charge is 2.77. The molecule has 10 nitrogen and oxygen atoms in total. The molecule has 3 fully saturated rings. The second-order valence-electron chi connectivity index (χ2n) is 10.2. The van der Waals surface area contributed by atoms with Crippen LogP contribution in [0.5, 0.6) is 17.2 Å². The van der Waals surface area contributed by atoms with Gasteiger partial charge in [0.05, 0.1) is 13.2 Å². The van der Waals surface area contributed by atoms with Crippen molar-refractivity contribution in [1.82, 2.24) is 4.90 Å².